The minimum absolute atomic E-state index is 0.0186. The molecule has 1 aromatic heterocycles. The molecule has 0 unspecified atom stereocenters. The van der Waals surface area contributed by atoms with E-state index in [2.05, 4.69) is 10.3 Å². The van der Waals surface area contributed by atoms with Crippen LogP contribution in [0.4, 0.5) is 10.3 Å². The highest BCUT2D eigenvalue weighted by molar-refractivity contribution is 6.30. The Morgan fingerprint density at radius 3 is 2.82 bits per heavy atom. The van der Waals surface area contributed by atoms with Crippen molar-refractivity contribution in [3.63, 3.8) is 0 Å². The monoisotopic (exact) mass is 324 g/mol. The van der Waals surface area contributed by atoms with Gasteiger partial charge in [0.05, 0.1) is 5.02 Å². The van der Waals surface area contributed by atoms with E-state index in [4.69, 9.17) is 17.3 Å². The van der Waals surface area contributed by atoms with E-state index in [0.717, 1.165) is 4.57 Å². The molecule has 0 radical (unpaired) electrons. The fourth-order valence-corrected chi connectivity index (χ4v) is 2.05. The summed E-state index contributed by atoms with van der Waals surface area (Å²) in [6.45, 7) is 1.56. The van der Waals surface area contributed by atoms with Crippen molar-refractivity contribution in [3.05, 3.63) is 56.7 Å². The maximum Gasteiger partial charge on any atom is 0.255 e. The Labute approximate surface area is 130 Å². The molecular weight excluding hydrogens is 311 g/mol. The molecule has 1 aromatic carbocycles. The first kappa shape index (κ1) is 16.0. The van der Waals surface area contributed by atoms with E-state index in [1.54, 1.807) is 6.92 Å². The van der Waals surface area contributed by atoms with Crippen LogP contribution < -0.4 is 16.6 Å². The summed E-state index contributed by atoms with van der Waals surface area (Å²) in [6, 6.07) is 5.44. The average Bonchev–Trinajstić information content (AvgIpc) is 2.44. The zero-order valence-corrected chi connectivity index (χ0v) is 12.5. The van der Waals surface area contributed by atoms with Crippen molar-refractivity contribution in [1.29, 1.82) is 0 Å². The van der Waals surface area contributed by atoms with E-state index in [0.29, 0.717) is 11.3 Å². The van der Waals surface area contributed by atoms with Crippen molar-refractivity contribution < 1.29 is 9.18 Å². The van der Waals surface area contributed by atoms with Crippen molar-refractivity contribution in [2.75, 3.05) is 5.73 Å². The number of nitrogens with zero attached hydrogens (tertiary/aromatic N) is 2. The van der Waals surface area contributed by atoms with Crippen molar-refractivity contribution in [2.24, 2.45) is 0 Å². The highest BCUT2D eigenvalue weighted by Crippen LogP contribution is 2.15. The van der Waals surface area contributed by atoms with Crippen LogP contribution >= 0.6 is 11.6 Å². The van der Waals surface area contributed by atoms with Gasteiger partial charge < -0.3 is 11.1 Å². The van der Waals surface area contributed by atoms with Crippen LogP contribution in [0.2, 0.25) is 5.02 Å². The van der Waals surface area contributed by atoms with Crippen LogP contribution in [0, 0.1) is 12.7 Å². The van der Waals surface area contributed by atoms with Crippen LogP contribution in [0.3, 0.4) is 0 Å². The Hall–Kier alpha value is -2.41. The van der Waals surface area contributed by atoms with Crippen LogP contribution in [-0.4, -0.2) is 15.5 Å². The molecule has 22 heavy (non-hydrogen) atoms. The molecule has 0 aliphatic heterocycles. The molecule has 116 valence electrons. The summed E-state index contributed by atoms with van der Waals surface area (Å²) in [4.78, 5) is 27.6. The Bertz CT molecular complexity index is 776. The molecule has 0 aliphatic carbocycles. The Balaban J connectivity index is 2.02. The average molecular weight is 325 g/mol. The molecule has 0 saturated heterocycles. The number of rotatable bonds is 4. The van der Waals surface area contributed by atoms with Gasteiger partial charge in [-0.05, 0) is 24.6 Å². The molecule has 0 atom stereocenters. The molecule has 1 amide bonds. The third-order valence-electron chi connectivity index (χ3n) is 2.94. The normalized spacial score (nSPS) is 10.5. The molecule has 2 rings (SSSR count). The molecular formula is C14H14ClFN4O2. The summed E-state index contributed by atoms with van der Waals surface area (Å²) in [5.74, 6) is -0.966. The molecule has 0 spiro atoms. The van der Waals surface area contributed by atoms with Gasteiger partial charge >= 0.3 is 0 Å². The highest BCUT2D eigenvalue weighted by Gasteiger charge is 2.09. The molecule has 6 nitrogen and oxygen atoms in total. The lowest BCUT2D eigenvalue weighted by Gasteiger charge is -2.10. The molecule has 0 saturated carbocycles. The summed E-state index contributed by atoms with van der Waals surface area (Å²) in [7, 11) is 0. The van der Waals surface area contributed by atoms with Gasteiger partial charge in [-0.1, -0.05) is 17.7 Å². The number of halogens is 2. The third-order valence-corrected chi connectivity index (χ3v) is 3.23. The second-order valence-corrected chi connectivity index (χ2v) is 5.11. The molecule has 2 aromatic rings. The third kappa shape index (κ3) is 3.82. The standard InChI is InChI=1S/C14H14ClFN4O2/c1-8-4-13(22)20(14(17)19-8)7-12(21)18-6-9-2-3-11(16)10(15)5-9/h2-5H,6-7H2,1H3,(H2,17,19)(H,18,21). The number of nitrogens with two attached hydrogens (primary N) is 1. The molecule has 1 heterocycles. The molecule has 3 N–H and O–H groups in total. The maximum absolute atomic E-state index is 13.0. The fraction of sp³-hybridized carbons (Fsp3) is 0.214. The van der Waals surface area contributed by atoms with Gasteiger partial charge in [-0.3, -0.25) is 14.2 Å². The topological polar surface area (TPSA) is 90.0 Å². The van der Waals surface area contributed by atoms with Crippen LogP contribution in [0.15, 0.2) is 29.1 Å². The van der Waals surface area contributed by atoms with E-state index in [1.165, 1.54) is 24.3 Å². The van der Waals surface area contributed by atoms with Crippen molar-refractivity contribution in [3.8, 4) is 0 Å². The predicted octanol–water partition coefficient (Wildman–Crippen LogP) is 1.24. The Morgan fingerprint density at radius 2 is 2.18 bits per heavy atom. The molecule has 8 heteroatoms. The fourth-order valence-electron chi connectivity index (χ4n) is 1.85. The lowest BCUT2D eigenvalue weighted by atomic mass is 10.2. The summed E-state index contributed by atoms with van der Waals surface area (Å²) in [6.07, 6.45) is 0. The van der Waals surface area contributed by atoms with Gasteiger partial charge in [0, 0.05) is 18.3 Å². The second kappa shape index (κ2) is 6.57. The lowest BCUT2D eigenvalue weighted by molar-refractivity contribution is -0.121. The van der Waals surface area contributed by atoms with E-state index in [-0.39, 0.29) is 24.1 Å². The Morgan fingerprint density at radius 1 is 1.45 bits per heavy atom. The van der Waals surface area contributed by atoms with Crippen molar-refractivity contribution >= 4 is 23.5 Å². The van der Waals surface area contributed by atoms with E-state index >= 15 is 0 Å². The molecule has 0 fully saturated rings. The van der Waals surface area contributed by atoms with Gasteiger partial charge in [0.1, 0.15) is 12.4 Å². The second-order valence-electron chi connectivity index (χ2n) is 4.71. The number of carbonyl (C=O) groups is 1. The van der Waals surface area contributed by atoms with Crippen LogP contribution in [-0.2, 0) is 17.9 Å². The van der Waals surface area contributed by atoms with Gasteiger partial charge in [0.25, 0.3) is 5.56 Å². The van der Waals surface area contributed by atoms with E-state index < -0.39 is 17.3 Å². The minimum Gasteiger partial charge on any atom is -0.369 e. The minimum atomic E-state index is -0.526. The predicted molar refractivity (Wildman–Crippen MR) is 80.9 cm³/mol. The van der Waals surface area contributed by atoms with Crippen LogP contribution in [0.25, 0.3) is 0 Å². The Kier molecular flexibility index (Phi) is 4.77. The first-order valence-corrected chi connectivity index (χ1v) is 6.79. The summed E-state index contributed by atoms with van der Waals surface area (Å²) >= 11 is 5.66. The van der Waals surface area contributed by atoms with Crippen molar-refractivity contribution in [2.45, 2.75) is 20.0 Å². The molecule has 0 aliphatic rings. The van der Waals surface area contributed by atoms with Crippen LogP contribution in [0.5, 0.6) is 0 Å². The SMILES string of the molecule is Cc1cc(=O)n(CC(=O)NCc2ccc(F)c(Cl)c2)c(N)n1. The lowest BCUT2D eigenvalue weighted by Crippen LogP contribution is -2.33. The number of carbonyl (C=O) groups excluding carboxylic acids is 1. The summed E-state index contributed by atoms with van der Waals surface area (Å²) in [5.41, 5.74) is 6.36. The zero-order chi connectivity index (χ0) is 16.3. The summed E-state index contributed by atoms with van der Waals surface area (Å²) < 4.78 is 14.1. The quantitative estimate of drug-likeness (QED) is 0.885. The number of nitrogens with one attached hydrogen (secondary N) is 1. The van der Waals surface area contributed by atoms with Gasteiger partial charge in [0.15, 0.2) is 0 Å². The number of hydrogen-bond acceptors (Lipinski definition) is 4. The first-order chi connectivity index (χ1) is 10.4. The zero-order valence-electron chi connectivity index (χ0n) is 11.8. The van der Waals surface area contributed by atoms with Crippen molar-refractivity contribution in [1.82, 2.24) is 14.9 Å². The van der Waals surface area contributed by atoms with Gasteiger partial charge in [0.2, 0.25) is 11.9 Å². The molecule has 0 bridgehead atoms. The first-order valence-electron chi connectivity index (χ1n) is 6.41. The summed E-state index contributed by atoms with van der Waals surface area (Å²) in [5, 5.41) is 2.58. The van der Waals surface area contributed by atoms with Crippen LogP contribution in [0.1, 0.15) is 11.3 Å². The maximum atomic E-state index is 13.0. The number of aryl methyl sites for hydroxylation is 1. The van der Waals surface area contributed by atoms with Gasteiger partial charge in [-0.15, -0.1) is 0 Å². The number of anilines is 1. The van der Waals surface area contributed by atoms with E-state index in [9.17, 15) is 14.0 Å². The number of hydrogen-bond donors (Lipinski definition) is 2. The number of nitrogen functional groups attached to an aromatic ring is 1. The smallest absolute Gasteiger partial charge is 0.255 e. The number of amides is 1. The highest BCUT2D eigenvalue weighted by atomic mass is 35.5. The van der Waals surface area contributed by atoms with Gasteiger partial charge in [-0.2, -0.15) is 0 Å². The number of aromatic nitrogens is 2. The van der Waals surface area contributed by atoms with Gasteiger partial charge in [-0.25, -0.2) is 9.37 Å². The largest absolute Gasteiger partial charge is 0.369 e. The number of benzene rings is 1. The van der Waals surface area contributed by atoms with E-state index in [1.807, 2.05) is 0 Å².